The maximum absolute atomic E-state index is 5.84. The molecule has 2 aromatic rings. The van der Waals surface area contributed by atoms with Gasteiger partial charge in [-0.2, -0.15) is 0 Å². The van der Waals surface area contributed by atoms with E-state index in [0.717, 1.165) is 23.7 Å². The minimum atomic E-state index is 0.0319. The van der Waals surface area contributed by atoms with E-state index in [0.29, 0.717) is 6.61 Å². The second-order valence-corrected chi connectivity index (χ2v) is 4.38. The van der Waals surface area contributed by atoms with E-state index in [-0.39, 0.29) is 6.04 Å². The van der Waals surface area contributed by atoms with Gasteiger partial charge in [0.1, 0.15) is 18.2 Å². The van der Waals surface area contributed by atoms with Crippen LogP contribution < -0.4 is 10.5 Å². The van der Waals surface area contributed by atoms with Crippen LogP contribution in [0.3, 0.4) is 0 Å². The van der Waals surface area contributed by atoms with Crippen LogP contribution in [0.1, 0.15) is 24.4 Å². The summed E-state index contributed by atoms with van der Waals surface area (Å²) in [6.07, 6.45) is 3.75. The summed E-state index contributed by atoms with van der Waals surface area (Å²) in [6, 6.07) is 7.95. The molecule has 0 radical (unpaired) electrons. The Labute approximate surface area is 107 Å². The normalized spacial score (nSPS) is 12.4. The molecule has 0 aliphatic rings. The van der Waals surface area contributed by atoms with Crippen molar-refractivity contribution < 1.29 is 4.74 Å². The molecule has 0 saturated carbocycles. The molecule has 4 nitrogen and oxygen atoms in total. The third-order valence-electron chi connectivity index (χ3n) is 2.91. The molecule has 1 unspecified atom stereocenters. The van der Waals surface area contributed by atoms with E-state index in [1.54, 1.807) is 6.20 Å². The van der Waals surface area contributed by atoms with Gasteiger partial charge in [-0.15, -0.1) is 0 Å². The molecule has 96 valence electrons. The number of nitrogens with two attached hydrogens (primary N) is 1. The van der Waals surface area contributed by atoms with Crippen LogP contribution in [-0.2, 0) is 6.54 Å². The summed E-state index contributed by atoms with van der Waals surface area (Å²) in [4.78, 5) is 4.17. The molecule has 18 heavy (non-hydrogen) atoms. The van der Waals surface area contributed by atoms with Crippen LogP contribution in [0, 0.1) is 6.92 Å². The lowest BCUT2D eigenvalue weighted by molar-refractivity contribution is 0.296. The predicted octanol–water partition coefficient (Wildman–Crippen LogP) is 2.29. The van der Waals surface area contributed by atoms with E-state index >= 15 is 0 Å². The van der Waals surface area contributed by atoms with Crippen LogP contribution in [0.4, 0.5) is 0 Å². The molecule has 0 spiro atoms. The van der Waals surface area contributed by atoms with E-state index in [1.165, 1.54) is 0 Å². The number of ether oxygens (including phenoxy) is 1. The summed E-state index contributed by atoms with van der Waals surface area (Å²) < 4.78 is 7.79. The van der Waals surface area contributed by atoms with Crippen LogP contribution in [0.5, 0.6) is 5.75 Å². The van der Waals surface area contributed by atoms with Gasteiger partial charge in [-0.3, -0.25) is 0 Å². The fraction of sp³-hybridized carbons (Fsp3) is 0.357. The van der Waals surface area contributed by atoms with Crippen molar-refractivity contribution in [3.63, 3.8) is 0 Å². The summed E-state index contributed by atoms with van der Waals surface area (Å²) in [5, 5.41) is 0. The maximum atomic E-state index is 5.84. The van der Waals surface area contributed by atoms with Crippen molar-refractivity contribution in [3.8, 4) is 5.75 Å². The topological polar surface area (TPSA) is 53.1 Å². The summed E-state index contributed by atoms with van der Waals surface area (Å²) in [7, 11) is 0. The number of benzene rings is 1. The first-order valence-corrected chi connectivity index (χ1v) is 6.13. The summed E-state index contributed by atoms with van der Waals surface area (Å²) in [5.41, 5.74) is 6.93. The lowest BCUT2D eigenvalue weighted by atomic mass is 10.1. The van der Waals surface area contributed by atoms with E-state index in [9.17, 15) is 0 Å². The largest absolute Gasteiger partial charge is 0.492 e. The molecule has 0 saturated heterocycles. The van der Waals surface area contributed by atoms with Crippen molar-refractivity contribution in [2.75, 3.05) is 6.61 Å². The zero-order valence-corrected chi connectivity index (χ0v) is 10.8. The summed E-state index contributed by atoms with van der Waals surface area (Å²) in [5.74, 6) is 1.87. The average molecular weight is 245 g/mol. The minimum absolute atomic E-state index is 0.0319. The number of rotatable bonds is 5. The van der Waals surface area contributed by atoms with Gasteiger partial charge < -0.3 is 15.0 Å². The first-order chi connectivity index (χ1) is 8.66. The molecule has 0 fully saturated rings. The predicted molar refractivity (Wildman–Crippen MR) is 71.5 cm³/mol. The Morgan fingerprint density at radius 3 is 2.94 bits per heavy atom. The van der Waals surface area contributed by atoms with Gasteiger partial charge in [0, 0.05) is 18.4 Å². The second kappa shape index (κ2) is 5.69. The second-order valence-electron chi connectivity index (χ2n) is 4.38. The SMILES string of the molecule is Cc1nccn1CCOc1cccc(C(C)N)c1. The molecule has 4 heteroatoms. The highest BCUT2D eigenvalue weighted by molar-refractivity contribution is 5.30. The molecule has 0 amide bonds. The fourth-order valence-electron chi connectivity index (χ4n) is 1.79. The molecule has 1 heterocycles. The monoisotopic (exact) mass is 245 g/mol. The lowest BCUT2D eigenvalue weighted by Gasteiger charge is -2.10. The molecular formula is C14H19N3O. The number of nitrogens with zero attached hydrogens (tertiary/aromatic N) is 2. The molecule has 2 rings (SSSR count). The minimum Gasteiger partial charge on any atom is -0.492 e. The summed E-state index contributed by atoms with van der Waals surface area (Å²) >= 11 is 0. The van der Waals surface area contributed by atoms with Gasteiger partial charge in [0.2, 0.25) is 0 Å². The van der Waals surface area contributed by atoms with Gasteiger partial charge in [-0.05, 0) is 31.5 Å². The van der Waals surface area contributed by atoms with Crippen molar-refractivity contribution >= 4 is 0 Å². The third-order valence-corrected chi connectivity index (χ3v) is 2.91. The zero-order chi connectivity index (χ0) is 13.0. The van der Waals surface area contributed by atoms with Gasteiger partial charge >= 0.3 is 0 Å². The van der Waals surface area contributed by atoms with E-state index in [4.69, 9.17) is 10.5 Å². The molecule has 0 aliphatic heterocycles. The Balaban J connectivity index is 1.90. The Morgan fingerprint density at radius 1 is 1.44 bits per heavy atom. The van der Waals surface area contributed by atoms with Crippen LogP contribution in [-0.4, -0.2) is 16.2 Å². The Morgan fingerprint density at radius 2 is 2.28 bits per heavy atom. The van der Waals surface area contributed by atoms with Crippen molar-refractivity contribution in [1.82, 2.24) is 9.55 Å². The van der Waals surface area contributed by atoms with E-state index in [2.05, 4.69) is 9.55 Å². The fourth-order valence-corrected chi connectivity index (χ4v) is 1.79. The zero-order valence-electron chi connectivity index (χ0n) is 10.8. The number of aryl methyl sites for hydroxylation is 1. The molecule has 0 aliphatic carbocycles. The molecule has 2 N–H and O–H groups in total. The van der Waals surface area contributed by atoms with E-state index in [1.807, 2.05) is 44.3 Å². The Kier molecular flexibility index (Phi) is 3.99. The standard InChI is InChI=1S/C14H19N3O/c1-11(15)13-4-3-5-14(10-13)18-9-8-17-7-6-16-12(17)2/h3-7,10-11H,8-9,15H2,1-2H3. The van der Waals surface area contributed by atoms with Crippen LogP contribution in [0.15, 0.2) is 36.7 Å². The van der Waals surface area contributed by atoms with Gasteiger partial charge in [-0.1, -0.05) is 12.1 Å². The highest BCUT2D eigenvalue weighted by atomic mass is 16.5. The molecule has 1 aromatic carbocycles. The summed E-state index contributed by atoms with van der Waals surface area (Å²) in [6.45, 7) is 5.37. The molecule has 1 aromatic heterocycles. The first-order valence-electron chi connectivity index (χ1n) is 6.13. The third kappa shape index (κ3) is 3.11. The van der Waals surface area contributed by atoms with Crippen molar-refractivity contribution in [2.45, 2.75) is 26.4 Å². The lowest BCUT2D eigenvalue weighted by Crippen LogP contribution is -2.09. The highest BCUT2D eigenvalue weighted by Gasteiger charge is 2.02. The molecule has 0 bridgehead atoms. The van der Waals surface area contributed by atoms with Crippen LogP contribution >= 0.6 is 0 Å². The van der Waals surface area contributed by atoms with Crippen molar-refractivity contribution in [2.24, 2.45) is 5.73 Å². The first kappa shape index (κ1) is 12.6. The van der Waals surface area contributed by atoms with Gasteiger partial charge in [-0.25, -0.2) is 4.98 Å². The van der Waals surface area contributed by atoms with Crippen molar-refractivity contribution in [1.29, 1.82) is 0 Å². The Hall–Kier alpha value is -1.81. The quantitative estimate of drug-likeness (QED) is 0.879. The number of hydrogen-bond donors (Lipinski definition) is 1. The number of aromatic nitrogens is 2. The Bertz CT molecular complexity index is 505. The van der Waals surface area contributed by atoms with Crippen molar-refractivity contribution in [3.05, 3.63) is 48.0 Å². The van der Waals surface area contributed by atoms with Crippen LogP contribution in [0.25, 0.3) is 0 Å². The van der Waals surface area contributed by atoms with Crippen LogP contribution in [0.2, 0.25) is 0 Å². The van der Waals surface area contributed by atoms with Gasteiger partial charge in [0.25, 0.3) is 0 Å². The maximum Gasteiger partial charge on any atom is 0.119 e. The van der Waals surface area contributed by atoms with E-state index < -0.39 is 0 Å². The molecular weight excluding hydrogens is 226 g/mol. The smallest absolute Gasteiger partial charge is 0.119 e. The molecule has 1 atom stereocenters. The van der Waals surface area contributed by atoms with Gasteiger partial charge in [0.05, 0.1) is 6.54 Å². The number of imidazole rings is 1. The highest BCUT2D eigenvalue weighted by Crippen LogP contribution is 2.17. The number of hydrogen-bond acceptors (Lipinski definition) is 3. The average Bonchev–Trinajstić information content (AvgIpc) is 2.76. The van der Waals surface area contributed by atoms with Gasteiger partial charge in [0.15, 0.2) is 0 Å².